The van der Waals surface area contributed by atoms with Crippen LogP contribution in [-0.4, -0.2) is 31.9 Å². The average molecular weight is 266 g/mol. The van der Waals surface area contributed by atoms with Gasteiger partial charge in [0.1, 0.15) is 5.75 Å². The molecule has 0 spiro atoms. The number of benzene rings is 1. The van der Waals surface area contributed by atoms with Crippen LogP contribution < -0.4 is 25.3 Å². The summed E-state index contributed by atoms with van der Waals surface area (Å²) in [6.45, 7) is 3.26. The number of hydrogen-bond acceptors (Lipinski definition) is 5. The van der Waals surface area contributed by atoms with Gasteiger partial charge in [0.25, 0.3) is 0 Å². The Bertz CT molecular complexity index is 450. The maximum Gasteiger partial charge on any atom is 0.234 e. The molecule has 1 atom stereocenters. The van der Waals surface area contributed by atoms with E-state index in [0.29, 0.717) is 31.1 Å². The first kappa shape index (κ1) is 13.5. The van der Waals surface area contributed by atoms with Crippen LogP contribution in [0.3, 0.4) is 0 Å². The van der Waals surface area contributed by atoms with Crippen molar-refractivity contribution in [3.05, 3.63) is 18.2 Å². The van der Waals surface area contributed by atoms with Crippen LogP contribution in [0.5, 0.6) is 17.2 Å². The molecule has 1 aromatic rings. The van der Waals surface area contributed by atoms with E-state index in [4.69, 9.17) is 19.9 Å². The van der Waals surface area contributed by atoms with Crippen molar-refractivity contribution in [2.75, 3.05) is 19.9 Å². The Morgan fingerprint density at radius 3 is 3.00 bits per heavy atom. The van der Waals surface area contributed by atoms with Crippen molar-refractivity contribution in [3.63, 3.8) is 0 Å². The number of nitrogens with one attached hydrogen (secondary N) is 1. The summed E-state index contributed by atoms with van der Waals surface area (Å²) in [5, 5.41) is 3.01. The normalized spacial score (nSPS) is 14.2. The van der Waals surface area contributed by atoms with E-state index in [-0.39, 0.29) is 18.7 Å². The van der Waals surface area contributed by atoms with Gasteiger partial charge in [-0.15, -0.1) is 0 Å². The van der Waals surface area contributed by atoms with Gasteiger partial charge >= 0.3 is 0 Å². The molecule has 0 saturated heterocycles. The summed E-state index contributed by atoms with van der Waals surface area (Å²) >= 11 is 0. The average Bonchev–Trinajstić information content (AvgIpc) is 2.85. The van der Waals surface area contributed by atoms with Crippen LogP contribution in [0.25, 0.3) is 0 Å². The number of carbonyl (C=O) groups is 1. The largest absolute Gasteiger partial charge is 0.493 e. The zero-order valence-corrected chi connectivity index (χ0v) is 10.8. The minimum Gasteiger partial charge on any atom is -0.493 e. The first-order valence-electron chi connectivity index (χ1n) is 6.26. The van der Waals surface area contributed by atoms with Crippen LogP contribution in [-0.2, 0) is 4.79 Å². The lowest BCUT2D eigenvalue weighted by molar-refractivity contribution is -0.120. The highest BCUT2D eigenvalue weighted by molar-refractivity contribution is 5.79. The number of fused-ring (bicyclic) bond motifs is 1. The summed E-state index contributed by atoms with van der Waals surface area (Å²) in [7, 11) is 0. The standard InChI is InChI=1S/C13H18N2O4/c1-2-15-10(13(14)16)5-6-17-9-3-4-11-12(7-9)19-8-18-11/h3-4,7,10,15H,2,5-6,8H2,1H3,(H2,14,16). The molecule has 104 valence electrons. The molecule has 0 aromatic heterocycles. The molecule has 0 aliphatic carbocycles. The van der Waals surface area contributed by atoms with Gasteiger partial charge in [-0.3, -0.25) is 4.79 Å². The van der Waals surface area contributed by atoms with Gasteiger partial charge in [0.05, 0.1) is 12.6 Å². The minimum atomic E-state index is -0.365. The van der Waals surface area contributed by atoms with Gasteiger partial charge in [-0.2, -0.15) is 0 Å². The molecule has 2 rings (SSSR count). The third-order valence-corrected chi connectivity index (χ3v) is 2.81. The maximum absolute atomic E-state index is 11.2. The number of likely N-dealkylation sites (N-methyl/N-ethyl adjacent to an activating group) is 1. The molecule has 19 heavy (non-hydrogen) atoms. The molecule has 0 bridgehead atoms. The molecule has 1 aromatic carbocycles. The minimum absolute atomic E-state index is 0.239. The number of hydrogen-bond donors (Lipinski definition) is 2. The van der Waals surface area contributed by atoms with Crippen LogP contribution in [0.2, 0.25) is 0 Å². The predicted molar refractivity (Wildman–Crippen MR) is 69.3 cm³/mol. The van der Waals surface area contributed by atoms with E-state index in [9.17, 15) is 4.79 Å². The third kappa shape index (κ3) is 3.51. The second-order valence-corrected chi connectivity index (χ2v) is 4.16. The third-order valence-electron chi connectivity index (χ3n) is 2.81. The van der Waals surface area contributed by atoms with Crippen molar-refractivity contribution >= 4 is 5.91 Å². The molecule has 1 heterocycles. The van der Waals surface area contributed by atoms with E-state index >= 15 is 0 Å². The monoisotopic (exact) mass is 266 g/mol. The summed E-state index contributed by atoms with van der Waals surface area (Å²) in [4.78, 5) is 11.2. The number of carbonyl (C=O) groups excluding carboxylic acids is 1. The number of nitrogens with two attached hydrogens (primary N) is 1. The first-order chi connectivity index (χ1) is 9.20. The fourth-order valence-electron chi connectivity index (χ4n) is 1.85. The molecule has 0 radical (unpaired) electrons. The summed E-state index contributed by atoms with van der Waals surface area (Å²) in [5.74, 6) is 1.71. The summed E-state index contributed by atoms with van der Waals surface area (Å²) in [6.07, 6.45) is 0.525. The van der Waals surface area contributed by atoms with E-state index in [1.807, 2.05) is 6.92 Å². The lowest BCUT2D eigenvalue weighted by atomic mass is 10.2. The molecular formula is C13H18N2O4. The van der Waals surface area contributed by atoms with Crippen molar-refractivity contribution in [1.82, 2.24) is 5.32 Å². The van der Waals surface area contributed by atoms with Gasteiger partial charge in [0.15, 0.2) is 11.5 Å². The van der Waals surface area contributed by atoms with E-state index in [1.165, 1.54) is 0 Å². The van der Waals surface area contributed by atoms with Gasteiger partial charge in [0, 0.05) is 12.5 Å². The Morgan fingerprint density at radius 1 is 1.47 bits per heavy atom. The molecule has 6 nitrogen and oxygen atoms in total. The SMILES string of the molecule is CCNC(CCOc1ccc2c(c1)OCO2)C(N)=O. The highest BCUT2D eigenvalue weighted by Crippen LogP contribution is 2.35. The van der Waals surface area contributed by atoms with Crippen molar-refractivity contribution in [1.29, 1.82) is 0 Å². The van der Waals surface area contributed by atoms with Crippen molar-refractivity contribution in [2.45, 2.75) is 19.4 Å². The Kier molecular flexibility index (Phi) is 4.46. The summed E-state index contributed by atoms with van der Waals surface area (Å²) in [6, 6.07) is 5.02. The fourth-order valence-corrected chi connectivity index (χ4v) is 1.85. The molecule has 0 saturated carbocycles. The number of ether oxygens (including phenoxy) is 3. The summed E-state index contributed by atoms with van der Waals surface area (Å²) in [5.41, 5.74) is 5.28. The Labute approximate surface area is 111 Å². The Morgan fingerprint density at radius 2 is 2.26 bits per heavy atom. The maximum atomic E-state index is 11.2. The van der Waals surface area contributed by atoms with Crippen LogP contribution in [0.1, 0.15) is 13.3 Å². The topological polar surface area (TPSA) is 82.8 Å². The van der Waals surface area contributed by atoms with Crippen molar-refractivity contribution < 1.29 is 19.0 Å². The van der Waals surface area contributed by atoms with Gasteiger partial charge in [-0.25, -0.2) is 0 Å². The second-order valence-electron chi connectivity index (χ2n) is 4.16. The Hall–Kier alpha value is -1.95. The van der Waals surface area contributed by atoms with Crippen LogP contribution >= 0.6 is 0 Å². The highest BCUT2D eigenvalue weighted by atomic mass is 16.7. The lowest BCUT2D eigenvalue weighted by Crippen LogP contribution is -2.42. The van der Waals surface area contributed by atoms with Gasteiger partial charge in [0.2, 0.25) is 12.7 Å². The molecule has 6 heteroatoms. The molecule has 1 aliphatic rings. The fraction of sp³-hybridized carbons (Fsp3) is 0.462. The van der Waals surface area contributed by atoms with Crippen molar-refractivity contribution in [3.8, 4) is 17.2 Å². The second kappa shape index (κ2) is 6.29. The molecular weight excluding hydrogens is 248 g/mol. The predicted octanol–water partition coefficient (Wildman–Crippen LogP) is 0.648. The summed E-state index contributed by atoms with van der Waals surface area (Å²) < 4.78 is 16.0. The highest BCUT2D eigenvalue weighted by Gasteiger charge is 2.15. The van der Waals surface area contributed by atoms with E-state index in [2.05, 4.69) is 5.32 Å². The lowest BCUT2D eigenvalue weighted by Gasteiger charge is -2.14. The van der Waals surface area contributed by atoms with Crippen LogP contribution in [0.4, 0.5) is 0 Å². The number of amides is 1. The van der Waals surface area contributed by atoms with Gasteiger partial charge in [-0.05, 0) is 18.7 Å². The zero-order valence-electron chi connectivity index (χ0n) is 10.8. The molecule has 1 amide bonds. The quantitative estimate of drug-likeness (QED) is 0.757. The Balaban J connectivity index is 1.83. The van der Waals surface area contributed by atoms with Crippen LogP contribution in [0.15, 0.2) is 18.2 Å². The van der Waals surface area contributed by atoms with Gasteiger partial charge < -0.3 is 25.3 Å². The first-order valence-corrected chi connectivity index (χ1v) is 6.26. The van der Waals surface area contributed by atoms with E-state index < -0.39 is 0 Å². The smallest absolute Gasteiger partial charge is 0.234 e. The molecule has 3 N–H and O–H groups in total. The zero-order chi connectivity index (χ0) is 13.7. The number of primary amides is 1. The molecule has 0 fully saturated rings. The van der Waals surface area contributed by atoms with Crippen molar-refractivity contribution in [2.24, 2.45) is 5.73 Å². The van der Waals surface area contributed by atoms with Crippen LogP contribution in [0, 0.1) is 0 Å². The van der Waals surface area contributed by atoms with Gasteiger partial charge in [-0.1, -0.05) is 6.92 Å². The molecule has 1 unspecified atom stereocenters. The number of rotatable bonds is 7. The molecule has 1 aliphatic heterocycles. The van der Waals surface area contributed by atoms with E-state index in [1.54, 1.807) is 18.2 Å². The van der Waals surface area contributed by atoms with E-state index in [0.717, 1.165) is 5.75 Å².